The molecule has 0 bridgehead atoms. The number of hydrogen-bond donors (Lipinski definition) is 3. The van der Waals surface area contributed by atoms with Crippen LogP contribution in [0.2, 0.25) is 10.0 Å². The lowest BCUT2D eigenvalue weighted by Gasteiger charge is -2.37. The van der Waals surface area contributed by atoms with E-state index in [0.717, 1.165) is 11.1 Å². The first-order chi connectivity index (χ1) is 19.2. The zero-order chi connectivity index (χ0) is 30.5. The van der Waals surface area contributed by atoms with Gasteiger partial charge in [-0.15, -0.1) is 0 Å². The van der Waals surface area contributed by atoms with Crippen LogP contribution in [0.3, 0.4) is 0 Å². The Morgan fingerprint density at radius 3 is 2.39 bits per heavy atom. The van der Waals surface area contributed by atoms with Gasteiger partial charge in [0, 0.05) is 38.4 Å². The molecule has 1 aliphatic heterocycles. The summed E-state index contributed by atoms with van der Waals surface area (Å²) in [6, 6.07) is 8.04. The molecular weight excluding hydrogens is 572 g/mol. The number of nitrogens with one attached hydrogen (secondary N) is 2. The number of amides is 4. The Morgan fingerprint density at radius 2 is 1.76 bits per heavy atom. The van der Waals surface area contributed by atoms with Crippen LogP contribution in [-0.2, 0) is 32.1 Å². The second-order valence-electron chi connectivity index (χ2n) is 11.0. The molecule has 0 saturated carbocycles. The predicted octanol–water partition coefficient (Wildman–Crippen LogP) is 3.90. The Morgan fingerprint density at radius 1 is 1.10 bits per heavy atom. The van der Waals surface area contributed by atoms with Gasteiger partial charge in [0.1, 0.15) is 12.1 Å². The van der Waals surface area contributed by atoms with Crippen molar-refractivity contribution in [1.29, 1.82) is 0 Å². The summed E-state index contributed by atoms with van der Waals surface area (Å²) in [5.74, 6) is -2.70. The summed E-state index contributed by atoms with van der Waals surface area (Å²) in [4.78, 5) is 55.7. The molecule has 2 atom stereocenters. The number of anilines is 1. The van der Waals surface area contributed by atoms with Crippen LogP contribution in [0.5, 0.6) is 0 Å². The molecule has 4 N–H and O–H groups in total. The van der Waals surface area contributed by atoms with E-state index in [2.05, 4.69) is 10.6 Å². The van der Waals surface area contributed by atoms with E-state index in [9.17, 15) is 23.6 Å². The van der Waals surface area contributed by atoms with Crippen molar-refractivity contribution in [2.24, 2.45) is 5.73 Å². The van der Waals surface area contributed by atoms with Gasteiger partial charge in [-0.05, 0) is 57.0 Å². The van der Waals surface area contributed by atoms with Crippen molar-refractivity contribution in [1.82, 2.24) is 15.1 Å². The highest BCUT2D eigenvalue weighted by atomic mass is 35.5. The molecule has 0 radical (unpaired) electrons. The Bertz CT molecular complexity index is 1320. The smallest absolute Gasteiger partial charge is 0.247 e. The number of carbonyl (C=O) groups is 4. The molecule has 12 heteroatoms. The summed E-state index contributed by atoms with van der Waals surface area (Å²) < 4.78 is 14.5. The van der Waals surface area contributed by atoms with Crippen LogP contribution in [0.15, 0.2) is 36.4 Å². The minimum Gasteiger partial charge on any atom is -0.342 e. The summed E-state index contributed by atoms with van der Waals surface area (Å²) in [7, 11) is 1.69. The summed E-state index contributed by atoms with van der Waals surface area (Å²) in [6.07, 6.45) is 0.203. The van der Waals surface area contributed by atoms with Gasteiger partial charge < -0.3 is 26.2 Å². The molecule has 0 unspecified atom stereocenters. The van der Waals surface area contributed by atoms with Crippen molar-refractivity contribution in [3.8, 4) is 0 Å². The van der Waals surface area contributed by atoms with Gasteiger partial charge in [-0.2, -0.15) is 0 Å². The second-order valence-corrected chi connectivity index (χ2v) is 11.8. The third-order valence-corrected chi connectivity index (χ3v) is 7.97. The highest BCUT2D eigenvalue weighted by molar-refractivity contribution is 6.42. The molecule has 4 amide bonds. The highest BCUT2D eigenvalue weighted by Gasteiger charge is 2.36. The third-order valence-electron chi connectivity index (χ3n) is 7.19. The Kier molecular flexibility index (Phi) is 10.7. The fraction of sp³-hybridized carbons (Fsp3) is 0.448. The van der Waals surface area contributed by atoms with Gasteiger partial charge in [-0.25, -0.2) is 4.39 Å². The van der Waals surface area contributed by atoms with Crippen LogP contribution in [0.4, 0.5) is 10.1 Å². The van der Waals surface area contributed by atoms with Crippen LogP contribution >= 0.6 is 23.2 Å². The monoisotopic (exact) mass is 607 g/mol. The fourth-order valence-corrected chi connectivity index (χ4v) is 4.78. The summed E-state index contributed by atoms with van der Waals surface area (Å²) in [6.45, 7) is 5.94. The van der Waals surface area contributed by atoms with E-state index in [4.69, 9.17) is 28.9 Å². The van der Waals surface area contributed by atoms with Gasteiger partial charge in [-0.3, -0.25) is 19.2 Å². The standard InChI is InChI=1S/C29H36Cl2FN5O4/c1-29(2,3)36(4)23(38)11-12-24(39)37-16-18-8-6-5-7-17(18)15-22(37)28(41)35-21(13-14-33)27(40)34-20-10-9-19(30)25(31)26(20)32/h5-10,21-22H,11-16,33H2,1-4H3,(H,34,40)(H,35,41)/t21-,22-/m0/s1. The van der Waals surface area contributed by atoms with Crippen molar-refractivity contribution < 1.29 is 23.6 Å². The lowest BCUT2D eigenvalue weighted by Crippen LogP contribution is -2.56. The Hall–Kier alpha value is -3.21. The zero-order valence-corrected chi connectivity index (χ0v) is 25.1. The van der Waals surface area contributed by atoms with E-state index in [1.807, 2.05) is 45.0 Å². The summed E-state index contributed by atoms with van der Waals surface area (Å²) in [5, 5.41) is 4.76. The molecule has 0 aliphatic carbocycles. The van der Waals surface area contributed by atoms with E-state index >= 15 is 0 Å². The summed E-state index contributed by atoms with van der Waals surface area (Å²) >= 11 is 11.7. The van der Waals surface area contributed by atoms with E-state index < -0.39 is 35.3 Å². The van der Waals surface area contributed by atoms with E-state index in [1.54, 1.807) is 11.9 Å². The van der Waals surface area contributed by atoms with Gasteiger partial charge in [0.05, 0.1) is 15.7 Å². The highest BCUT2D eigenvalue weighted by Crippen LogP contribution is 2.30. The lowest BCUT2D eigenvalue weighted by molar-refractivity contribution is -0.144. The number of nitrogens with two attached hydrogens (primary N) is 1. The number of rotatable bonds is 9. The minimum absolute atomic E-state index is 0.00743. The van der Waals surface area contributed by atoms with Crippen LogP contribution in [0.25, 0.3) is 0 Å². The first-order valence-corrected chi connectivity index (χ1v) is 14.1. The minimum atomic E-state index is -1.11. The number of nitrogens with zero attached hydrogens (tertiary/aromatic N) is 2. The quantitative estimate of drug-likeness (QED) is 0.373. The molecule has 41 heavy (non-hydrogen) atoms. The van der Waals surface area contributed by atoms with Gasteiger partial charge >= 0.3 is 0 Å². The Balaban J connectivity index is 1.79. The first-order valence-electron chi connectivity index (χ1n) is 13.3. The maximum Gasteiger partial charge on any atom is 0.247 e. The van der Waals surface area contributed by atoms with Crippen LogP contribution in [0.1, 0.15) is 51.2 Å². The number of carbonyl (C=O) groups excluding carboxylic acids is 4. The van der Waals surface area contributed by atoms with Crippen molar-refractivity contribution in [2.45, 2.75) is 70.6 Å². The molecule has 1 aliphatic rings. The van der Waals surface area contributed by atoms with Crippen molar-refractivity contribution >= 4 is 52.5 Å². The van der Waals surface area contributed by atoms with Crippen LogP contribution in [-0.4, -0.2) is 64.6 Å². The predicted molar refractivity (Wildman–Crippen MR) is 157 cm³/mol. The molecular formula is C29H36Cl2FN5O4. The first kappa shape index (κ1) is 32.3. The van der Waals surface area contributed by atoms with Crippen LogP contribution in [0, 0.1) is 5.82 Å². The average molecular weight is 609 g/mol. The van der Waals surface area contributed by atoms with Crippen LogP contribution < -0.4 is 16.4 Å². The van der Waals surface area contributed by atoms with Gasteiger partial charge in [-0.1, -0.05) is 47.5 Å². The largest absolute Gasteiger partial charge is 0.342 e. The molecule has 0 spiro atoms. The molecule has 0 aromatic heterocycles. The number of hydrogen-bond acceptors (Lipinski definition) is 5. The fourth-order valence-electron chi connectivity index (χ4n) is 4.46. The van der Waals surface area contributed by atoms with E-state index in [-0.39, 0.29) is 66.3 Å². The number of fused-ring (bicyclic) bond motifs is 1. The Labute approximate surface area is 249 Å². The molecule has 1 heterocycles. The lowest BCUT2D eigenvalue weighted by atomic mass is 9.92. The zero-order valence-electron chi connectivity index (χ0n) is 23.6. The molecule has 0 fully saturated rings. The summed E-state index contributed by atoms with van der Waals surface area (Å²) in [5.41, 5.74) is 6.91. The maximum atomic E-state index is 14.5. The van der Waals surface area contributed by atoms with Gasteiger partial charge in [0.15, 0.2) is 5.82 Å². The number of benzene rings is 2. The van der Waals surface area contributed by atoms with E-state index in [1.165, 1.54) is 17.0 Å². The topological polar surface area (TPSA) is 125 Å². The molecule has 2 aromatic carbocycles. The average Bonchev–Trinajstić information content (AvgIpc) is 2.93. The molecule has 3 rings (SSSR count). The number of halogens is 3. The molecule has 2 aromatic rings. The second kappa shape index (κ2) is 13.6. The van der Waals surface area contributed by atoms with Crippen molar-refractivity contribution in [3.63, 3.8) is 0 Å². The third kappa shape index (κ3) is 7.96. The van der Waals surface area contributed by atoms with E-state index in [0.29, 0.717) is 0 Å². The normalized spacial score (nSPS) is 15.5. The van der Waals surface area contributed by atoms with Gasteiger partial charge in [0.2, 0.25) is 23.6 Å². The van der Waals surface area contributed by atoms with Crippen molar-refractivity contribution in [3.05, 3.63) is 63.4 Å². The molecule has 0 saturated heterocycles. The van der Waals surface area contributed by atoms with Gasteiger partial charge in [0.25, 0.3) is 0 Å². The molecule has 9 nitrogen and oxygen atoms in total. The molecule has 222 valence electrons. The SMILES string of the molecule is CN(C(=O)CCC(=O)N1Cc2ccccc2C[C@H]1C(=O)N[C@@H](CCN)C(=O)Nc1ccc(Cl)c(Cl)c1F)C(C)(C)C. The maximum absolute atomic E-state index is 14.5. The van der Waals surface area contributed by atoms with Crippen molar-refractivity contribution in [2.75, 3.05) is 18.9 Å².